The van der Waals surface area contributed by atoms with Crippen LogP contribution < -0.4 is 15.4 Å². The predicted octanol–water partition coefficient (Wildman–Crippen LogP) is 5.41. The third kappa shape index (κ3) is 5.03. The van der Waals surface area contributed by atoms with E-state index < -0.39 is 0 Å². The van der Waals surface area contributed by atoms with Crippen LogP contribution in [0.3, 0.4) is 0 Å². The minimum atomic E-state index is 0.570. The van der Waals surface area contributed by atoms with Crippen molar-refractivity contribution in [3.8, 4) is 5.75 Å². The summed E-state index contributed by atoms with van der Waals surface area (Å²) >= 11 is 0. The van der Waals surface area contributed by atoms with Gasteiger partial charge < -0.3 is 15.4 Å². The van der Waals surface area contributed by atoms with Gasteiger partial charge in [0.15, 0.2) is 0 Å². The molecule has 0 atom stereocenters. The van der Waals surface area contributed by atoms with E-state index in [1.54, 1.807) is 0 Å². The van der Waals surface area contributed by atoms with E-state index in [1.807, 2.05) is 36.4 Å². The van der Waals surface area contributed by atoms with E-state index in [-0.39, 0.29) is 0 Å². The quantitative estimate of drug-likeness (QED) is 0.535. The van der Waals surface area contributed by atoms with Crippen LogP contribution in [0.15, 0.2) is 72.8 Å². The Morgan fingerprint density at radius 2 is 1.42 bits per heavy atom. The number of benzene rings is 3. The highest BCUT2D eigenvalue weighted by Crippen LogP contribution is 2.24. The molecule has 0 spiro atoms. The summed E-state index contributed by atoms with van der Waals surface area (Å²) < 4.78 is 5.99. The average Bonchev–Trinajstić information content (AvgIpc) is 2.66. The van der Waals surface area contributed by atoms with Crippen LogP contribution in [-0.4, -0.2) is 13.1 Å². The van der Waals surface area contributed by atoms with Crippen LogP contribution >= 0.6 is 0 Å². The smallest absolute Gasteiger partial charge is 0.142 e. The molecule has 0 aliphatic carbocycles. The summed E-state index contributed by atoms with van der Waals surface area (Å²) in [5, 5.41) is 6.95. The summed E-state index contributed by atoms with van der Waals surface area (Å²) in [4.78, 5) is 0. The highest BCUT2D eigenvalue weighted by Gasteiger charge is 2.03. The first-order valence-corrected chi connectivity index (χ1v) is 9.03. The van der Waals surface area contributed by atoms with Gasteiger partial charge in [0.1, 0.15) is 12.4 Å². The lowest BCUT2D eigenvalue weighted by Gasteiger charge is -2.15. The largest absolute Gasteiger partial charge is 0.487 e. The average molecular weight is 346 g/mol. The molecule has 0 saturated heterocycles. The molecule has 3 aromatic carbocycles. The van der Waals surface area contributed by atoms with Crippen LogP contribution in [0, 0.1) is 13.8 Å². The molecule has 0 fully saturated rings. The van der Waals surface area contributed by atoms with Gasteiger partial charge >= 0.3 is 0 Å². The van der Waals surface area contributed by atoms with Gasteiger partial charge in [0, 0.05) is 18.8 Å². The van der Waals surface area contributed by atoms with Crippen LogP contribution in [0.4, 0.5) is 11.4 Å². The van der Waals surface area contributed by atoms with Gasteiger partial charge in [-0.05, 0) is 43.2 Å². The lowest BCUT2D eigenvalue weighted by atomic mass is 10.1. The van der Waals surface area contributed by atoms with Gasteiger partial charge in [-0.15, -0.1) is 0 Å². The first kappa shape index (κ1) is 17.9. The Morgan fingerprint density at radius 1 is 0.731 bits per heavy atom. The fourth-order valence-electron chi connectivity index (χ4n) is 2.88. The van der Waals surface area contributed by atoms with Gasteiger partial charge in [-0.25, -0.2) is 0 Å². The van der Waals surface area contributed by atoms with E-state index in [4.69, 9.17) is 4.74 Å². The van der Waals surface area contributed by atoms with Gasteiger partial charge in [-0.1, -0.05) is 60.2 Å². The topological polar surface area (TPSA) is 33.3 Å². The second kappa shape index (κ2) is 8.95. The Bertz CT molecular complexity index is 831. The van der Waals surface area contributed by atoms with Crippen molar-refractivity contribution in [2.75, 3.05) is 23.7 Å². The summed E-state index contributed by atoms with van der Waals surface area (Å²) in [5.74, 6) is 0.878. The molecule has 2 N–H and O–H groups in total. The summed E-state index contributed by atoms with van der Waals surface area (Å²) in [5.41, 5.74) is 5.93. The molecule has 0 saturated carbocycles. The van der Waals surface area contributed by atoms with Crippen LogP contribution in [0.5, 0.6) is 5.75 Å². The summed E-state index contributed by atoms with van der Waals surface area (Å²) in [6.45, 7) is 6.48. The maximum Gasteiger partial charge on any atom is 0.142 e. The Kier molecular flexibility index (Phi) is 6.15. The van der Waals surface area contributed by atoms with Crippen molar-refractivity contribution in [2.24, 2.45) is 0 Å². The van der Waals surface area contributed by atoms with Gasteiger partial charge in [0.05, 0.1) is 5.69 Å². The van der Waals surface area contributed by atoms with Crippen molar-refractivity contribution >= 4 is 11.4 Å². The van der Waals surface area contributed by atoms with Crippen molar-refractivity contribution in [1.82, 2.24) is 0 Å². The number of aryl methyl sites for hydroxylation is 2. The zero-order chi connectivity index (χ0) is 18.2. The Balaban J connectivity index is 1.51. The zero-order valence-electron chi connectivity index (χ0n) is 15.5. The van der Waals surface area contributed by atoms with Crippen LogP contribution in [0.1, 0.15) is 16.7 Å². The summed E-state index contributed by atoms with van der Waals surface area (Å²) in [6, 6.07) is 24.8. The fourth-order valence-corrected chi connectivity index (χ4v) is 2.88. The van der Waals surface area contributed by atoms with E-state index >= 15 is 0 Å². The lowest BCUT2D eigenvalue weighted by Crippen LogP contribution is -2.14. The van der Waals surface area contributed by atoms with E-state index in [2.05, 4.69) is 60.9 Å². The van der Waals surface area contributed by atoms with Crippen LogP contribution in [-0.2, 0) is 6.61 Å². The van der Waals surface area contributed by atoms with Crippen LogP contribution in [0.2, 0.25) is 0 Å². The second-order valence-corrected chi connectivity index (χ2v) is 6.44. The molecule has 3 heteroatoms. The number of nitrogens with one attached hydrogen (secondary N) is 2. The number of anilines is 2. The Hall–Kier alpha value is -2.94. The number of hydrogen-bond acceptors (Lipinski definition) is 3. The monoisotopic (exact) mass is 346 g/mol. The fraction of sp³-hybridized carbons (Fsp3) is 0.217. The molecule has 134 valence electrons. The van der Waals surface area contributed by atoms with Crippen molar-refractivity contribution in [2.45, 2.75) is 20.5 Å². The number of rotatable bonds is 8. The standard InChI is InChI=1S/C23H26N2O/c1-18-12-13-21(19(2)16-18)24-14-15-25-22-10-6-7-11-23(22)26-17-20-8-4-3-5-9-20/h3-13,16,24-25H,14-15,17H2,1-2H3. The minimum Gasteiger partial charge on any atom is -0.487 e. The molecule has 26 heavy (non-hydrogen) atoms. The first-order valence-electron chi connectivity index (χ1n) is 9.03. The van der Waals surface area contributed by atoms with Crippen molar-refractivity contribution in [3.63, 3.8) is 0 Å². The Labute approximate surface area is 156 Å². The molecule has 0 radical (unpaired) electrons. The molecule has 3 nitrogen and oxygen atoms in total. The molecule has 0 aromatic heterocycles. The molecule has 0 heterocycles. The summed E-state index contributed by atoms with van der Waals surface area (Å²) in [6.07, 6.45) is 0. The molecular formula is C23H26N2O. The maximum atomic E-state index is 5.99. The highest BCUT2D eigenvalue weighted by atomic mass is 16.5. The van der Waals surface area contributed by atoms with E-state index in [9.17, 15) is 0 Å². The zero-order valence-corrected chi connectivity index (χ0v) is 15.5. The number of para-hydroxylation sites is 2. The maximum absolute atomic E-state index is 5.99. The molecular weight excluding hydrogens is 320 g/mol. The summed E-state index contributed by atoms with van der Waals surface area (Å²) in [7, 11) is 0. The molecule has 0 amide bonds. The van der Waals surface area contributed by atoms with Gasteiger partial charge in [-0.3, -0.25) is 0 Å². The van der Waals surface area contributed by atoms with Gasteiger partial charge in [0.25, 0.3) is 0 Å². The predicted molar refractivity (Wildman–Crippen MR) is 110 cm³/mol. The second-order valence-electron chi connectivity index (χ2n) is 6.44. The van der Waals surface area contributed by atoms with Gasteiger partial charge in [0.2, 0.25) is 0 Å². The number of ether oxygens (including phenoxy) is 1. The first-order chi connectivity index (χ1) is 12.7. The molecule has 3 rings (SSSR count). The van der Waals surface area contributed by atoms with E-state index in [0.29, 0.717) is 6.61 Å². The highest BCUT2D eigenvalue weighted by molar-refractivity contribution is 5.57. The molecule has 0 aliphatic heterocycles. The lowest BCUT2D eigenvalue weighted by molar-refractivity contribution is 0.307. The van der Waals surface area contributed by atoms with Crippen LogP contribution in [0.25, 0.3) is 0 Å². The third-order valence-corrected chi connectivity index (χ3v) is 4.26. The minimum absolute atomic E-state index is 0.570. The molecule has 0 aliphatic rings. The molecule has 0 unspecified atom stereocenters. The Morgan fingerprint density at radius 3 is 2.19 bits per heavy atom. The molecule has 3 aromatic rings. The van der Waals surface area contributed by atoms with Crippen molar-refractivity contribution in [1.29, 1.82) is 0 Å². The van der Waals surface area contributed by atoms with E-state index in [1.165, 1.54) is 22.4 Å². The van der Waals surface area contributed by atoms with Crippen molar-refractivity contribution in [3.05, 3.63) is 89.5 Å². The molecule has 0 bridgehead atoms. The van der Waals surface area contributed by atoms with E-state index in [0.717, 1.165) is 24.5 Å². The third-order valence-electron chi connectivity index (χ3n) is 4.26. The normalized spacial score (nSPS) is 10.4. The van der Waals surface area contributed by atoms with Crippen molar-refractivity contribution < 1.29 is 4.74 Å². The van der Waals surface area contributed by atoms with Gasteiger partial charge in [-0.2, -0.15) is 0 Å². The SMILES string of the molecule is Cc1ccc(NCCNc2ccccc2OCc2ccccc2)c(C)c1. The number of hydrogen-bond donors (Lipinski definition) is 2.